The highest BCUT2D eigenvalue weighted by molar-refractivity contribution is 5.81. The minimum atomic E-state index is -0.637. The molecule has 1 N–H and O–H groups in total. The number of carbonyl (C=O) groups excluding carboxylic acids is 2. The van der Waals surface area contributed by atoms with Crippen LogP contribution in [0, 0.1) is 5.82 Å². The molecule has 5 heteroatoms. The van der Waals surface area contributed by atoms with E-state index in [1.165, 1.54) is 31.0 Å². The van der Waals surface area contributed by atoms with E-state index < -0.39 is 5.82 Å². The van der Waals surface area contributed by atoms with Crippen molar-refractivity contribution in [3.05, 3.63) is 29.6 Å². The summed E-state index contributed by atoms with van der Waals surface area (Å²) >= 11 is 0. The fourth-order valence-electron chi connectivity index (χ4n) is 2.60. The number of amides is 1. The predicted molar refractivity (Wildman–Crippen MR) is 76.9 cm³/mol. The number of para-hydroxylation sites is 1. The second-order valence-corrected chi connectivity index (χ2v) is 5.32. The van der Waals surface area contributed by atoms with Crippen LogP contribution in [-0.2, 0) is 4.79 Å². The van der Waals surface area contributed by atoms with Gasteiger partial charge >= 0.3 is 0 Å². The van der Waals surface area contributed by atoms with Crippen molar-refractivity contribution < 1.29 is 18.7 Å². The van der Waals surface area contributed by atoms with Crippen LogP contribution in [0.5, 0.6) is 5.75 Å². The lowest BCUT2D eigenvalue weighted by atomic mass is 10.1. The first kappa shape index (κ1) is 15.5. The average Bonchev–Trinajstić information content (AvgIpc) is 2.74. The van der Waals surface area contributed by atoms with E-state index in [0.29, 0.717) is 6.29 Å². The summed E-state index contributed by atoms with van der Waals surface area (Å²) < 4.78 is 18.8. The second kappa shape index (κ2) is 7.76. The number of benzene rings is 1. The first-order valence-electron chi connectivity index (χ1n) is 7.36. The summed E-state index contributed by atoms with van der Waals surface area (Å²) in [6.45, 7) is -0.279. The molecule has 0 unspecified atom stereocenters. The Kier molecular flexibility index (Phi) is 5.72. The number of aldehydes is 1. The SMILES string of the molecule is O=Cc1cccc(F)c1OCC(=O)NC1CCCCCC1. The Bertz CT molecular complexity index is 496. The van der Waals surface area contributed by atoms with Gasteiger partial charge in [-0.05, 0) is 25.0 Å². The van der Waals surface area contributed by atoms with Crippen molar-refractivity contribution in [3.8, 4) is 5.75 Å². The van der Waals surface area contributed by atoms with E-state index in [-0.39, 0.29) is 29.9 Å². The zero-order valence-electron chi connectivity index (χ0n) is 11.9. The van der Waals surface area contributed by atoms with Crippen molar-refractivity contribution in [1.82, 2.24) is 5.32 Å². The molecule has 0 heterocycles. The van der Waals surface area contributed by atoms with Gasteiger partial charge in [-0.15, -0.1) is 0 Å². The standard InChI is InChI=1S/C16H20FNO3/c17-14-9-5-6-12(10-19)16(14)21-11-15(20)18-13-7-3-1-2-4-8-13/h5-6,9-10,13H,1-4,7-8,11H2,(H,18,20). The molecule has 21 heavy (non-hydrogen) atoms. The van der Waals surface area contributed by atoms with Crippen molar-refractivity contribution in [3.63, 3.8) is 0 Å². The highest BCUT2D eigenvalue weighted by atomic mass is 19.1. The lowest BCUT2D eigenvalue weighted by Gasteiger charge is -2.16. The van der Waals surface area contributed by atoms with Crippen LogP contribution in [-0.4, -0.2) is 24.8 Å². The fraction of sp³-hybridized carbons (Fsp3) is 0.500. The molecule has 1 aromatic carbocycles. The number of ether oxygens (including phenoxy) is 1. The Labute approximate surface area is 123 Å². The average molecular weight is 293 g/mol. The number of hydrogen-bond acceptors (Lipinski definition) is 3. The van der Waals surface area contributed by atoms with Crippen LogP contribution in [0.25, 0.3) is 0 Å². The Balaban J connectivity index is 1.87. The number of nitrogens with one attached hydrogen (secondary N) is 1. The summed E-state index contributed by atoms with van der Waals surface area (Å²) in [6.07, 6.45) is 7.13. The number of carbonyl (C=O) groups is 2. The zero-order chi connectivity index (χ0) is 15.1. The molecule has 1 aliphatic carbocycles. The van der Waals surface area contributed by atoms with E-state index in [1.807, 2.05) is 0 Å². The van der Waals surface area contributed by atoms with Crippen LogP contribution in [0.1, 0.15) is 48.9 Å². The largest absolute Gasteiger partial charge is 0.480 e. The molecule has 1 aliphatic rings. The highest BCUT2D eigenvalue weighted by Gasteiger charge is 2.16. The number of rotatable bonds is 5. The Morgan fingerprint density at radius 1 is 1.29 bits per heavy atom. The van der Waals surface area contributed by atoms with Gasteiger partial charge in [0, 0.05) is 6.04 Å². The number of hydrogen-bond donors (Lipinski definition) is 1. The van der Waals surface area contributed by atoms with E-state index in [4.69, 9.17) is 4.74 Å². The summed E-state index contributed by atoms with van der Waals surface area (Å²) in [6, 6.07) is 4.26. The zero-order valence-corrected chi connectivity index (χ0v) is 11.9. The summed E-state index contributed by atoms with van der Waals surface area (Å²) in [5, 5.41) is 2.91. The highest BCUT2D eigenvalue weighted by Crippen LogP contribution is 2.21. The van der Waals surface area contributed by atoms with Gasteiger partial charge in [0.1, 0.15) is 0 Å². The molecule has 1 fully saturated rings. The van der Waals surface area contributed by atoms with Gasteiger partial charge in [0.05, 0.1) is 5.56 Å². The molecule has 0 atom stereocenters. The van der Waals surface area contributed by atoms with Crippen LogP contribution in [0.2, 0.25) is 0 Å². The molecule has 1 saturated carbocycles. The third-order valence-corrected chi connectivity index (χ3v) is 3.69. The Morgan fingerprint density at radius 3 is 2.67 bits per heavy atom. The van der Waals surface area contributed by atoms with Gasteiger partial charge < -0.3 is 10.1 Å². The minimum Gasteiger partial charge on any atom is -0.480 e. The van der Waals surface area contributed by atoms with Crippen molar-refractivity contribution in [2.75, 3.05) is 6.61 Å². The fourth-order valence-corrected chi connectivity index (χ4v) is 2.60. The molecule has 1 aromatic rings. The van der Waals surface area contributed by atoms with Gasteiger partial charge in [-0.1, -0.05) is 31.7 Å². The van der Waals surface area contributed by atoms with E-state index in [1.54, 1.807) is 0 Å². The monoisotopic (exact) mass is 293 g/mol. The lowest BCUT2D eigenvalue weighted by molar-refractivity contribution is -0.123. The van der Waals surface area contributed by atoms with Gasteiger partial charge in [-0.25, -0.2) is 4.39 Å². The van der Waals surface area contributed by atoms with Crippen molar-refractivity contribution in [2.45, 2.75) is 44.6 Å². The normalized spacial score (nSPS) is 16.0. The summed E-state index contributed by atoms with van der Waals surface area (Å²) in [5.41, 5.74) is 0.109. The van der Waals surface area contributed by atoms with Gasteiger partial charge in [0.15, 0.2) is 24.5 Å². The topological polar surface area (TPSA) is 55.4 Å². The van der Waals surface area contributed by atoms with Crippen molar-refractivity contribution >= 4 is 12.2 Å². The molecule has 2 rings (SSSR count). The third-order valence-electron chi connectivity index (χ3n) is 3.69. The van der Waals surface area contributed by atoms with Crippen molar-refractivity contribution in [2.24, 2.45) is 0 Å². The number of halogens is 1. The Hall–Kier alpha value is -1.91. The van der Waals surface area contributed by atoms with Crippen LogP contribution in [0.3, 0.4) is 0 Å². The molecule has 0 spiro atoms. The van der Waals surface area contributed by atoms with Gasteiger partial charge in [0.2, 0.25) is 0 Å². The first-order chi connectivity index (χ1) is 10.2. The maximum absolute atomic E-state index is 13.6. The molecular formula is C16H20FNO3. The molecular weight excluding hydrogens is 273 g/mol. The molecule has 0 aliphatic heterocycles. The minimum absolute atomic E-state index is 0.109. The first-order valence-corrected chi connectivity index (χ1v) is 7.36. The molecule has 0 aromatic heterocycles. The second-order valence-electron chi connectivity index (χ2n) is 5.32. The maximum Gasteiger partial charge on any atom is 0.258 e. The van der Waals surface area contributed by atoms with E-state index in [0.717, 1.165) is 25.7 Å². The van der Waals surface area contributed by atoms with Gasteiger partial charge in [0.25, 0.3) is 5.91 Å². The summed E-state index contributed by atoms with van der Waals surface area (Å²) in [7, 11) is 0. The molecule has 0 saturated heterocycles. The van der Waals surface area contributed by atoms with Crippen LogP contribution < -0.4 is 10.1 Å². The van der Waals surface area contributed by atoms with Gasteiger partial charge in [-0.3, -0.25) is 9.59 Å². The Morgan fingerprint density at radius 2 is 2.00 bits per heavy atom. The van der Waals surface area contributed by atoms with Gasteiger partial charge in [-0.2, -0.15) is 0 Å². The lowest BCUT2D eigenvalue weighted by Crippen LogP contribution is -2.37. The summed E-state index contributed by atoms with van der Waals surface area (Å²) in [5.74, 6) is -1.08. The van der Waals surface area contributed by atoms with Crippen LogP contribution in [0.4, 0.5) is 4.39 Å². The predicted octanol–water partition coefficient (Wildman–Crippen LogP) is 2.86. The maximum atomic E-state index is 13.6. The quantitative estimate of drug-likeness (QED) is 0.671. The van der Waals surface area contributed by atoms with Crippen LogP contribution >= 0.6 is 0 Å². The molecule has 114 valence electrons. The summed E-state index contributed by atoms with van der Waals surface area (Å²) in [4.78, 5) is 22.7. The third kappa shape index (κ3) is 4.55. The van der Waals surface area contributed by atoms with Crippen molar-refractivity contribution in [1.29, 1.82) is 0 Å². The molecule has 0 bridgehead atoms. The molecule has 4 nitrogen and oxygen atoms in total. The van der Waals surface area contributed by atoms with E-state index in [9.17, 15) is 14.0 Å². The van der Waals surface area contributed by atoms with E-state index >= 15 is 0 Å². The molecule has 0 radical (unpaired) electrons. The van der Waals surface area contributed by atoms with E-state index in [2.05, 4.69) is 5.32 Å². The smallest absolute Gasteiger partial charge is 0.258 e. The molecule has 1 amide bonds. The van der Waals surface area contributed by atoms with Crippen LogP contribution in [0.15, 0.2) is 18.2 Å².